The second kappa shape index (κ2) is 12.2. The summed E-state index contributed by atoms with van der Waals surface area (Å²) in [5, 5.41) is 15.4. The van der Waals surface area contributed by atoms with E-state index in [2.05, 4.69) is 20.7 Å². The molecule has 0 radical (unpaired) electrons. The van der Waals surface area contributed by atoms with Gasteiger partial charge in [0.25, 0.3) is 5.91 Å². The fraction of sp³-hybridized carbons (Fsp3) is 0.300. The van der Waals surface area contributed by atoms with Gasteiger partial charge in [-0.3, -0.25) is 14.5 Å². The lowest BCUT2D eigenvalue weighted by Crippen LogP contribution is -2.50. The first kappa shape index (κ1) is 29.2. The fourth-order valence-corrected chi connectivity index (χ4v) is 4.32. The summed E-state index contributed by atoms with van der Waals surface area (Å²) in [6.07, 6.45) is 0. The van der Waals surface area contributed by atoms with Gasteiger partial charge in [0.15, 0.2) is 11.5 Å². The summed E-state index contributed by atoms with van der Waals surface area (Å²) in [4.78, 5) is 30.6. The van der Waals surface area contributed by atoms with Gasteiger partial charge in [0, 0.05) is 16.8 Å². The Balaban J connectivity index is 1.79. The molecule has 41 heavy (non-hydrogen) atoms. The molecule has 1 N–H and O–H groups in total. The van der Waals surface area contributed by atoms with Gasteiger partial charge < -0.3 is 14.8 Å². The Morgan fingerprint density at radius 3 is 2.34 bits per heavy atom. The van der Waals surface area contributed by atoms with E-state index in [0.29, 0.717) is 28.3 Å². The van der Waals surface area contributed by atoms with Crippen LogP contribution in [0.2, 0.25) is 0 Å². The monoisotopic (exact) mass is 560 g/mol. The van der Waals surface area contributed by atoms with Crippen molar-refractivity contribution in [3.05, 3.63) is 83.7 Å². The molecular weight excluding hydrogens is 527 g/mol. The quantitative estimate of drug-likeness (QED) is 0.321. The third kappa shape index (κ3) is 7.05. The summed E-state index contributed by atoms with van der Waals surface area (Å²) in [5.74, 6) is -0.0980. The Hall–Kier alpha value is -4.80. The first-order valence-electron chi connectivity index (χ1n) is 13.0. The van der Waals surface area contributed by atoms with Crippen molar-refractivity contribution in [2.75, 3.05) is 19.1 Å². The second-order valence-corrected chi connectivity index (χ2v) is 10.5. The predicted octanol–water partition coefficient (Wildman–Crippen LogP) is 4.49. The average Bonchev–Trinajstić information content (AvgIpc) is 3.38. The summed E-state index contributed by atoms with van der Waals surface area (Å²) in [6, 6.07) is 17.0. The maximum absolute atomic E-state index is 14.1. The van der Waals surface area contributed by atoms with Crippen molar-refractivity contribution in [1.82, 2.24) is 25.5 Å². The van der Waals surface area contributed by atoms with Crippen molar-refractivity contribution in [3.63, 3.8) is 0 Å². The van der Waals surface area contributed by atoms with Crippen LogP contribution in [0.5, 0.6) is 11.5 Å². The van der Waals surface area contributed by atoms with Crippen LogP contribution in [-0.4, -0.2) is 51.8 Å². The van der Waals surface area contributed by atoms with Crippen molar-refractivity contribution in [3.8, 4) is 22.9 Å². The van der Waals surface area contributed by atoms with Gasteiger partial charge in [-0.1, -0.05) is 18.2 Å². The van der Waals surface area contributed by atoms with E-state index in [-0.39, 0.29) is 18.2 Å². The van der Waals surface area contributed by atoms with Crippen LogP contribution in [0.4, 0.5) is 10.1 Å². The SMILES string of the molecule is COc1ccc(C(C(=O)NC(C)(C)C)N(C(=O)Cn2nnc(-c3ccc(F)cc3)n2)c2cccc(C)c2)cc1OC. The van der Waals surface area contributed by atoms with Crippen LogP contribution in [0, 0.1) is 12.7 Å². The minimum absolute atomic E-state index is 0.238. The van der Waals surface area contributed by atoms with Gasteiger partial charge in [0.2, 0.25) is 11.7 Å². The van der Waals surface area contributed by atoms with Crippen molar-refractivity contribution < 1.29 is 23.5 Å². The predicted molar refractivity (Wildman–Crippen MR) is 152 cm³/mol. The van der Waals surface area contributed by atoms with Crippen LogP contribution in [0.1, 0.15) is 37.9 Å². The summed E-state index contributed by atoms with van der Waals surface area (Å²) in [6.45, 7) is 7.19. The lowest BCUT2D eigenvalue weighted by Gasteiger charge is -2.34. The minimum atomic E-state index is -1.08. The lowest BCUT2D eigenvalue weighted by molar-refractivity contribution is -0.128. The number of ether oxygens (including phenoxy) is 2. The third-order valence-corrected chi connectivity index (χ3v) is 6.11. The number of nitrogens with one attached hydrogen (secondary N) is 1. The normalized spacial score (nSPS) is 12.0. The zero-order chi connectivity index (χ0) is 29.7. The lowest BCUT2D eigenvalue weighted by atomic mass is 10.00. The van der Waals surface area contributed by atoms with Gasteiger partial charge in [-0.05, 0) is 92.6 Å². The molecule has 0 aliphatic heterocycles. The van der Waals surface area contributed by atoms with E-state index < -0.39 is 23.4 Å². The number of carbonyl (C=O) groups excluding carboxylic acids is 2. The number of rotatable bonds is 9. The Labute approximate surface area is 238 Å². The number of benzene rings is 3. The number of hydrogen-bond donors (Lipinski definition) is 1. The Kier molecular flexibility index (Phi) is 8.65. The molecule has 1 heterocycles. The Morgan fingerprint density at radius 1 is 1.00 bits per heavy atom. The number of amides is 2. The maximum atomic E-state index is 14.1. The highest BCUT2D eigenvalue weighted by molar-refractivity contribution is 6.01. The molecule has 0 bridgehead atoms. The first-order valence-corrected chi connectivity index (χ1v) is 13.0. The smallest absolute Gasteiger partial charge is 0.251 e. The zero-order valence-electron chi connectivity index (χ0n) is 23.9. The van der Waals surface area contributed by atoms with Crippen molar-refractivity contribution in [1.29, 1.82) is 0 Å². The molecule has 0 saturated carbocycles. The van der Waals surface area contributed by atoms with Gasteiger partial charge in [0.1, 0.15) is 18.4 Å². The molecule has 4 rings (SSSR count). The number of methoxy groups -OCH3 is 2. The van der Waals surface area contributed by atoms with Crippen molar-refractivity contribution in [2.45, 2.75) is 45.8 Å². The Bertz CT molecular complexity index is 1530. The molecule has 3 aromatic carbocycles. The second-order valence-electron chi connectivity index (χ2n) is 10.5. The van der Waals surface area contributed by atoms with Crippen molar-refractivity contribution >= 4 is 17.5 Å². The van der Waals surface area contributed by atoms with E-state index >= 15 is 0 Å². The molecule has 4 aromatic rings. The van der Waals surface area contributed by atoms with Crippen LogP contribution >= 0.6 is 0 Å². The molecule has 0 aliphatic carbocycles. The van der Waals surface area contributed by atoms with Gasteiger partial charge in [-0.15, -0.1) is 10.2 Å². The minimum Gasteiger partial charge on any atom is -0.493 e. The zero-order valence-corrected chi connectivity index (χ0v) is 23.9. The van der Waals surface area contributed by atoms with Gasteiger partial charge in [0.05, 0.1) is 14.2 Å². The first-order chi connectivity index (χ1) is 19.5. The molecule has 0 saturated heterocycles. The molecule has 1 aromatic heterocycles. The number of aromatic nitrogens is 4. The van der Waals surface area contributed by atoms with Gasteiger partial charge in [-0.25, -0.2) is 4.39 Å². The highest BCUT2D eigenvalue weighted by Gasteiger charge is 2.35. The molecule has 0 spiro atoms. The highest BCUT2D eigenvalue weighted by Crippen LogP contribution is 2.35. The van der Waals surface area contributed by atoms with E-state index in [1.165, 1.54) is 43.4 Å². The number of aryl methyl sites for hydroxylation is 1. The van der Waals surface area contributed by atoms with E-state index in [1.54, 1.807) is 24.3 Å². The van der Waals surface area contributed by atoms with Crippen molar-refractivity contribution in [2.24, 2.45) is 0 Å². The molecule has 10 nitrogen and oxygen atoms in total. The number of anilines is 1. The maximum Gasteiger partial charge on any atom is 0.251 e. The summed E-state index contributed by atoms with van der Waals surface area (Å²) in [5.41, 5.74) is 1.90. The number of carbonyl (C=O) groups is 2. The van der Waals surface area contributed by atoms with Crippen LogP contribution in [-0.2, 0) is 16.1 Å². The topological polar surface area (TPSA) is 111 Å². The molecule has 0 aliphatic rings. The highest BCUT2D eigenvalue weighted by atomic mass is 19.1. The van der Waals surface area contributed by atoms with Crippen LogP contribution in [0.25, 0.3) is 11.4 Å². The fourth-order valence-electron chi connectivity index (χ4n) is 4.32. The standard InChI is InChI=1S/C30H33FN6O4/c1-19-8-7-9-23(16-19)37(26(38)18-36-34-28(33-35-36)20-10-13-22(31)14-11-20)27(29(39)32-30(2,3)4)21-12-15-24(40-5)25(17-21)41-6/h7-17,27H,18H2,1-6H3,(H,32,39). The molecule has 1 atom stereocenters. The third-order valence-electron chi connectivity index (χ3n) is 6.11. The van der Waals surface area contributed by atoms with Gasteiger partial charge in [-0.2, -0.15) is 4.80 Å². The molecule has 1 unspecified atom stereocenters. The van der Waals surface area contributed by atoms with Gasteiger partial charge >= 0.3 is 0 Å². The molecule has 214 valence electrons. The largest absolute Gasteiger partial charge is 0.493 e. The summed E-state index contributed by atoms with van der Waals surface area (Å²) in [7, 11) is 3.03. The van der Waals surface area contributed by atoms with Crippen LogP contribution < -0.4 is 19.7 Å². The number of tetrazole rings is 1. The molecular formula is C30H33FN6O4. The molecule has 0 fully saturated rings. The summed E-state index contributed by atoms with van der Waals surface area (Å²) < 4.78 is 24.3. The Morgan fingerprint density at radius 2 is 1.71 bits per heavy atom. The van der Waals surface area contributed by atoms with Crippen LogP contribution in [0.3, 0.4) is 0 Å². The summed E-state index contributed by atoms with van der Waals surface area (Å²) >= 11 is 0. The molecule has 2 amide bonds. The van der Waals surface area contributed by atoms with E-state index in [9.17, 15) is 14.0 Å². The number of halogens is 1. The molecule has 11 heteroatoms. The number of hydrogen-bond acceptors (Lipinski definition) is 7. The van der Waals surface area contributed by atoms with E-state index in [4.69, 9.17) is 9.47 Å². The number of nitrogens with zero attached hydrogens (tertiary/aromatic N) is 5. The van der Waals surface area contributed by atoms with E-state index in [1.807, 2.05) is 45.9 Å². The van der Waals surface area contributed by atoms with E-state index in [0.717, 1.165) is 10.4 Å². The van der Waals surface area contributed by atoms with Crippen LogP contribution in [0.15, 0.2) is 66.7 Å². The average molecular weight is 561 g/mol.